The molecule has 7 heteroatoms. The predicted octanol–water partition coefficient (Wildman–Crippen LogP) is 2.10. The first kappa shape index (κ1) is 15.0. The van der Waals surface area contributed by atoms with Gasteiger partial charge < -0.3 is 9.84 Å². The van der Waals surface area contributed by atoms with Gasteiger partial charge in [0, 0.05) is 16.6 Å². The summed E-state index contributed by atoms with van der Waals surface area (Å²) < 4.78 is 5.23. The van der Waals surface area contributed by atoms with Gasteiger partial charge in [-0.2, -0.15) is 4.98 Å². The molecule has 0 spiro atoms. The number of carbonyl (C=O) groups excluding carboxylic acids is 1. The third kappa shape index (κ3) is 4.05. The second kappa shape index (κ2) is 6.46. The Morgan fingerprint density at radius 2 is 2.14 bits per heavy atom. The largest absolute Gasteiger partial charge is 0.352 e. The van der Waals surface area contributed by atoms with Crippen molar-refractivity contribution in [1.82, 2.24) is 20.4 Å². The zero-order chi connectivity index (χ0) is 15.5. The van der Waals surface area contributed by atoms with Crippen LogP contribution in [-0.4, -0.2) is 40.6 Å². The molecular formula is C15H17ClN4O2. The monoisotopic (exact) mass is 320 g/mol. The lowest BCUT2D eigenvalue weighted by Gasteiger charge is -2.13. The third-order valence-electron chi connectivity index (χ3n) is 3.33. The van der Waals surface area contributed by atoms with E-state index in [1.165, 1.54) is 0 Å². The van der Waals surface area contributed by atoms with Gasteiger partial charge in [0.25, 0.3) is 0 Å². The van der Waals surface area contributed by atoms with Crippen LogP contribution in [0.4, 0.5) is 0 Å². The number of halogens is 1. The van der Waals surface area contributed by atoms with E-state index in [0.717, 1.165) is 18.4 Å². The smallest absolute Gasteiger partial charge is 0.241 e. The summed E-state index contributed by atoms with van der Waals surface area (Å²) in [6, 6.07) is 7.61. The van der Waals surface area contributed by atoms with Gasteiger partial charge in [0.2, 0.25) is 17.6 Å². The number of likely N-dealkylation sites (N-methyl/N-ethyl adjacent to an activating group) is 1. The van der Waals surface area contributed by atoms with E-state index in [0.29, 0.717) is 35.9 Å². The number of amides is 1. The first-order chi connectivity index (χ1) is 10.6. The molecule has 1 aliphatic carbocycles. The zero-order valence-electron chi connectivity index (χ0n) is 12.3. The zero-order valence-corrected chi connectivity index (χ0v) is 13.0. The van der Waals surface area contributed by atoms with Gasteiger partial charge in [-0.25, -0.2) is 0 Å². The molecule has 1 amide bonds. The quantitative estimate of drug-likeness (QED) is 0.882. The van der Waals surface area contributed by atoms with Crippen LogP contribution >= 0.6 is 11.6 Å². The second-order valence-electron chi connectivity index (χ2n) is 5.53. The third-order valence-corrected chi connectivity index (χ3v) is 3.58. The van der Waals surface area contributed by atoms with Crippen molar-refractivity contribution < 1.29 is 9.32 Å². The number of nitrogens with zero attached hydrogens (tertiary/aromatic N) is 3. The van der Waals surface area contributed by atoms with Crippen LogP contribution in [0.25, 0.3) is 11.4 Å². The number of nitrogens with one attached hydrogen (secondary N) is 1. The summed E-state index contributed by atoms with van der Waals surface area (Å²) in [6.45, 7) is 0.744. The Labute approximate surface area is 133 Å². The highest BCUT2D eigenvalue weighted by Gasteiger charge is 2.23. The number of carbonyl (C=O) groups is 1. The number of hydrogen-bond donors (Lipinski definition) is 1. The lowest BCUT2D eigenvalue weighted by Crippen LogP contribution is -2.35. The molecule has 0 saturated heterocycles. The van der Waals surface area contributed by atoms with Gasteiger partial charge in [0.05, 0.1) is 13.1 Å². The molecule has 0 bridgehead atoms. The minimum absolute atomic E-state index is 0.0300. The van der Waals surface area contributed by atoms with Crippen molar-refractivity contribution in [3.63, 3.8) is 0 Å². The summed E-state index contributed by atoms with van der Waals surface area (Å²) in [5.41, 5.74) is 0.841. The molecule has 2 aromatic rings. The average molecular weight is 321 g/mol. The SMILES string of the molecule is CN(CC(=O)NC1CC1)Cc1nc(-c2ccc(Cl)cc2)no1. The first-order valence-electron chi connectivity index (χ1n) is 7.16. The van der Waals surface area contributed by atoms with Crippen molar-refractivity contribution in [1.29, 1.82) is 0 Å². The molecule has 1 aliphatic rings. The summed E-state index contributed by atoms with van der Waals surface area (Å²) in [5.74, 6) is 1.02. The average Bonchev–Trinajstić information content (AvgIpc) is 3.16. The summed E-state index contributed by atoms with van der Waals surface area (Å²) in [7, 11) is 1.85. The molecule has 0 unspecified atom stereocenters. The highest BCUT2D eigenvalue weighted by atomic mass is 35.5. The molecule has 0 atom stereocenters. The highest BCUT2D eigenvalue weighted by Crippen LogP contribution is 2.19. The minimum atomic E-state index is 0.0300. The van der Waals surface area contributed by atoms with E-state index in [4.69, 9.17) is 16.1 Å². The fraction of sp³-hybridized carbons (Fsp3) is 0.400. The summed E-state index contributed by atoms with van der Waals surface area (Å²) in [6.07, 6.45) is 2.17. The lowest BCUT2D eigenvalue weighted by atomic mass is 10.2. The van der Waals surface area contributed by atoms with Crippen molar-refractivity contribution in [3.8, 4) is 11.4 Å². The molecule has 0 radical (unpaired) electrons. The van der Waals surface area contributed by atoms with Gasteiger partial charge in [-0.3, -0.25) is 9.69 Å². The number of benzene rings is 1. The van der Waals surface area contributed by atoms with E-state index in [2.05, 4.69) is 15.5 Å². The van der Waals surface area contributed by atoms with E-state index >= 15 is 0 Å². The second-order valence-corrected chi connectivity index (χ2v) is 5.97. The summed E-state index contributed by atoms with van der Waals surface area (Å²) in [4.78, 5) is 17.9. The van der Waals surface area contributed by atoms with Crippen molar-refractivity contribution in [2.24, 2.45) is 0 Å². The van der Waals surface area contributed by atoms with Crippen molar-refractivity contribution in [2.45, 2.75) is 25.4 Å². The van der Waals surface area contributed by atoms with Crippen LogP contribution in [0.1, 0.15) is 18.7 Å². The molecule has 1 heterocycles. The van der Waals surface area contributed by atoms with Gasteiger partial charge in [-0.1, -0.05) is 16.8 Å². The maximum absolute atomic E-state index is 11.7. The molecule has 1 N–H and O–H groups in total. The summed E-state index contributed by atoms with van der Waals surface area (Å²) >= 11 is 5.85. The predicted molar refractivity (Wildman–Crippen MR) is 82.2 cm³/mol. The normalized spacial score (nSPS) is 14.3. The molecule has 0 aliphatic heterocycles. The van der Waals surface area contributed by atoms with Gasteiger partial charge in [-0.15, -0.1) is 0 Å². The van der Waals surface area contributed by atoms with Crippen LogP contribution in [0.3, 0.4) is 0 Å². The van der Waals surface area contributed by atoms with E-state index < -0.39 is 0 Å². The van der Waals surface area contributed by atoms with Gasteiger partial charge in [0.15, 0.2) is 0 Å². The van der Waals surface area contributed by atoms with Crippen LogP contribution in [0.15, 0.2) is 28.8 Å². The van der Waals surface area contributed by atoms with Crippen molar-refractivity contribution in [2.75, 3.05) is 13.6 Å². The molecule has 6 nitrogen and oxygen atoms in total. The van der Waals surface area contributed by atoms with Gasteiger partial charge in [0.1, 0.15) is 0 Å². The number of aromatic nitrogens is 2. The highest BCUT2D eigenvalue weighted by molar-refractivity contribution is 6.30. The molecular weight excluding hydrogens is 304 g/mol. The topological polar surface area (TPSA) is 71.3 Å². The van der Waals surface area contributed by atoms with Crippen LogP contribution < -0.4 is 5.32 Å². The van der Waals surface area contributed by atoms with Crippen molar-refractivity contribution >= 4 is 17.5 Å². The first-order valence-corrected chi connectivity index (χ1v) is 7.54. The fourth-order valence-electron chi connectivity index (χ4n) is 2.07. The van der Waals surface area contributed by atoms with Crippen LogP contribution in [0.5, 0.6) is 0 Å². The Morgan fingerprint density at radius 1 is 1.41 bits per heavy atom. The Hall–Kier alpha value is -1.92. The van der Waals surface area contributed by atoms with E-state index in [1.54, 1.807) is 12.1 Å². The van der Waals surface area contributed by atoms with Crippen LogP contribution in [-0.2, 0) is 11.3 Å². The molecule has 1 saturated carbocycles. The Kier molecular flexibility index (Phi) is 4.40. The number of rotatable bonds is 6. The standard InChI is InChI=1S/C15H17ClN4O2/c1-20(8-13(21)17-12-6-7-12)9-14-18-15(19-22-14)10-2-4-11(16)5-3-10/h2-5,12H,6-9H2,1H3,(H,17,21). The maximum Gasteiger partial charge on any atom is 0.241 e. The van der Waals surface area contributed by atoms with Gasteiger partial charge in [-0.05, 0) is 44.2 Å². The van der Waals surface area contributed by atoms with Crippen LogP contribution in [0.2, 0.25) is 5.02 Å². The molecule has 1 fully saturated rings. The summed E-state index contributed by atoms with van der Waals surface area (Å²) in [5, 5.41) is 7.56. The lowest BCUT2D eigenvalue weighted by molar-refractivity contribution is -0.122. The van der Waals surface area contributed by atoms with Gasteiger partial charge >= 0.3 is 0 Å². The fourth-order valence-corrected chi connectivity index (χ4v) is 2.19. The minimum Gasteiger partial charge on any atom is -0.352 e. The Morgan fingerprint density at radius 3 is 2.82 bits per heavy atom. The van der Waals surface area contributed by atoms with E-state index in [-0.39, 0.29) is 5.91 Å². The number of hydrogen-bond acceptors (Lipinski definition) is 5. The molecule has 116 valence electrons. The Balaban J connectivity index is 1.56. The van der Waals surface area contributed by atoms with Crippen LogP contribution in [0, 0.1) is 0 Å². The molecule has 1 aromatic heterocycles. The maximum atomic E-state index is 11.7. The molecule has 1 aromatic carbocycles. The molecule has 22 heavy (non-hydrogen) atoms. The Bertz CT molecular complexity index is 652. The van der Waals surface area contributed by atoms with E-state index in [1.807, 2.05) is 24.1 Å². The van der Waals surface area contributed by atoms with E-state index in [9.17, 15) is 4.79 Å². The molecule has 3 rings (SSSR count). The van der Waals surface area contributed by atoms with Crippen molar-refractivity contribution in [3.05, 3.63) is 35.2 Å².